The van der Waals surface area contributed by atoms with Crippen LogP contribution in [0.2, 0.25) is 0 Å². The Labute approximate surface area is 85.6 Å². The van der Waals surface area contributed by atoms with Gasteiger partial charge in [0.05, 0.1) is 5.92 Å². The molecule has 0 aromatic rings. The van der Waals surface area contributed by atoms with E-state index in [-0.39, 0.29) is 11.8 Å². The average Bonchev–Trinajstić information content (AvgIpc) is 2.51. The summed E-state index contributed by atoms with van der Waals surface area (Å²) in [6, 6.07) is 0.386. The summed E-state index contributed by atoms with van der Waals surface area (Å²) in [7, 11) is 0. The molecule has 2 aliphatic rings. The Kier molecular flexibility index (Phi) is 3.06. The molecule has 0 bridgehead atoms. The van der Waals surface area contributed by atoms with Gasteiger partial charge in [0.1, 0.15) is 0 Å². The molecule has 2 N–H and O–H groups in total. The SMILES string of the molecule is CC(NC(=O)[C@H]1CCNC1)C1CCC1. The van der Waals surface area contributed by atoms with Gasteiger partial charge in [-0.3, -0.25) is 4.79 Å². The molecule has 1 aliphatic carbocycles. The summed E-state index contributed by atoms with van der Waals surface area (Å²) >= 11 is 0. The predicted octanol–water partition coefficient (Wildman–Crippen LogP) is 0.901. The van der Waals surface area contributed by atoms with E-state index in [4.69, 9.17) is 0 Å². The van der Waals surface area contributed by atoms with Crippen LogP contribution in [0.1, 0.15) is 32.6 Å². The zero-order valence-corrected chi connectivity index (χ0v) is 8.88. The Morgan fingerprint density at radius 2 is 2.21 bits per heavy atom. The summed E-state index contributed by atoms with van der Waals surface area (Å²) < 4.78 is 0. The monoisotopic (exact) mass is 196 g/mol. The summed E-state index contributed by atoms with van der Waals surface area (Å²) in [5.74, 6) is 1.22. The quantitative estimate of drug-likeness (QED) is 0.704. The third-order valence-corrected chi connectivity index (χ3v) is 3.66. The lowest BCUT2D eigenvalue weighted by atomic mass is 9.80. The molecule has 2 rings (SSSR count). The standard InChI is InChI=1S/C11H20N2O/c1-8(9-3-2-4-9)13-11(14)10-5-6-12-7-10/h8-10,12H,2-7H2,1H3,(H,13,14)/t8?,10-/m0/s1. The highest BCUT2D eigenvalue weighted by Gasteiger charge is 2.28. The maximum Gasteiger partial charge on any atom is 0.224 e. The van der Waals surface area contributed by atoms with E-state index in [1.165, 1.54) is 19.3 Å². The van der Waals surface area contributed by atoms with Gasteiger partial charge in [-0.1, -0.05) is 6.42 Å². The van der Waals surface area contributed by atoms with Crippen molar-refractivity contribution < 1.29 is 4.79 Å². The fourth-order valence-electron chi connectivity index (χ4n) is 2.28. The van der Waals surface area contributed by atoms with E-state index in [0.29, 0.717) is 6.04 Å². The zero-order valence-electron chi connectivity index (χ0n) is 8.88. The van der Waals surface area contributed by atoms with E-state index in [2.05, 4.69) is 17.6 Å². The summed E-state index contributed by atoms with van der Waals surface area (Å²) in [4.78, 5) is 11.7. The molecule has 1 aliphatic heterocycles. The smallest absolute Gasteiger partial charge is 0.224 e. The van der Waals surface area contributed by atoms with Crippen molar-refractivity contribution in [3.05, 3.63) is 0 Å². The predicted molar refractivity (Wildman–Crippen MR) is 55.9 cm³/mol. The molecule has 1 saturated carbocycles. The lowest BCUT2D eigenvalue weighted by Gasteiger charge is -2.32. The van der Waals surface area contributed by atoms with E-state index in [1.54, 1.807) is 0 Å². The van der Waals surface area contributed by atoms with Crippen LogP contribution in [0.4, 0.5) is 0 Å². The van der Waals surface area contributed by atoms with Crippen molar-refractivity contribution in [1.82, 2.24) is 10.6 Å². The van der Waals surface area contributed by atoms with Gasteiger partial charge in [-0.15, -0.1) is 0 Å². The molecule has 3 nitrogen and oxygen atoms in total. The van der Waals surface area contributed by atoms with Crippen LogP contribution >= 0.6 is 0 Å². The van der Waals surface area contributed by atoms with Crippen LogP contribution in [0.3, 0.4) is 0 Å². The van der Waals surface area contributed by atoms with Gasteiger partial charge in [-0.2, -0.15) is 0 Å². The minimum Gasteiger partial charge on any atom is -0.353 e. The Balaban J connectivity index is 1.75. The minimum atomic E-state index is 0.220. The van der Waals surface area contributed by atoms with Gasteiger partial charge in [0, 0.05) is 12.6 Å². The van der Waals surface area contributed by atoms with Gasteiger partial charge in [0.25, 0.3) is 0 Å². The second-order valence-electron chi connectivity index (χ2n) is 4.68. The molecular formula is C11H20N2O. The van der Waals surface area contributed by atoms with Crippen LogP contribution in [0.5, 0.6) is 0 Å². The van der Waals surface area contributed by atoms with Crippen molar-refractivity contribution in [3.63, 3.8) is 0 Å². The van der Waals surface area contributed by atoms with E-state index in [9.17, 15) is 4.79 Å². The molecule has 3 heteroatoms. The van der Waals surface area contributed by atoms with E-state index in [0.717, 1.165) is 25.4 Å². The zero-order chi connectivity index (χ0) is 9.97. The molecule has 0 aromatic carbocycles. The van der Waals surface area contributed by atoms with Crippen molar-refractivity contribution >= 4 is 5.91 Å². The number of amides is 1. The fraction of sp³-hybridized carbons (Fsp3) is 0.909. The number of hydrogen-bond acceptors (Lipinski definition) is 2. The van der Waals surface area contributed by atoms with E-state index < -0.39 is 0 Å². The molecule has 14 heavy (non-hydrogen) atoms. The molecule has 2 fully saturated rings. The molecule has 80 valence electrons. The summed E-state index contributed by atoms with van der Waals surface area (Å²) in [6.45, 7) is 4.00. The molecular weight excluding hydrogens is 176 g/mol. The van der Waals surface area contributed by atoms with Crippen molar-refractivity contribution in [3.8, 4) is 0 Å². The van der Waals surface area contributed by atoms with Gasteiger partial charge in [-0.25, -0.2) is 0 Å². The Morgan fingerprint density at radius 1 is 1.43 bits per heavy atom. The first kappa shape index (κ1) is 9.97. The number of rotatable bonds is 3. The first-order valence-corrected chi connectivity index (χ1v) is 5.78. The summed E-state index contributed by atoms with van der Waals surface area (Å²) in [6.07, 6.45) is 4.94. The Bertz CT molecular complexity index is 207. The van der Waals surface area contributed by atoms with E-state index >= 15 is 0 Å². The normalized spacial score (nSPS) is 29.6. The van der Waals surface area contributed by atoms with E-state index in [1.807, 2.05) is 0 Å². The third-order valence-electron chi connectivity index (χ3n) is 3.66. The van der Waals surface area contributed by atoms with Crippen LogP contribution in [-0.4, -0.2) is 25.0 Å². The Hall–Kier alpha value is -0.570. The lowest BCUT2D eigenvalue weighted by molar-refractivity contribution is -0.125. The lowest BCUT2D eigenvalue weighted by Crippen LogP contribution is -2.43. The van der Waals surface area contributed by atoms with Crippen LogP contribution in [-0.2, 0) is 4.79 Å². The first-order valence-electron chi connectivity index (χ1n) is 5.78. The molecule has 1 unspecified atom stereocenters. The fourth-order valence-corrected chi connectivity index (χ4v) is 2.28. The van der Waals surface area contributed by atoms with Crippen LogP contribution in [0, 0.1) is 11.8 Å². The third kappa shape index (κ3) is 2.08. The highest BCUT2D eigenvalue weighted by Crippen LogP contribution is 2.29. The second-order valence-corrected chi connectivity index (χ2v) is 4.68. The molecule has 2 atom stereocenters. The molecule has 0 spiro atoms. The van der Waals surface area contributed by atoms with Crippen molar-refractivity contribution in [1.29, 1.82) is 0 Å². The van der Waals surface area contributed by atoms with Gasteiger partial charge >= 0.3 is 0 Å². The maximum atomic E-state index is 11.7. The highest BCUT2D eigenvalue weighted by atomic mass is 16.2. The van der Waals surface area contributed by atoms with Crippen molar-refractivity contribution in [2.24, 2.45) is 11.8 Å². The number of carbonyl (C=O) groups is 1. The molecule has 0 radical (unpaired) electrons. The topological polar surface area (TPSA) is 41.1 Å². The highest BCUT2D eigenvalue weighted by molar-refractivity contribution is 5.79. The van der Waals surface area contributed by atoms with Gasteiger partial charge in [0.15, 0.2) is 0 Å². The second kappa shape index (κ2) is 4.30. The number of hydrogen-bond donors (Lipinski definition) is 2. The summed E-state index contributed by atoms with van der Waals surface area (Å²) in [5.41, 5.74) is 0. The van der Waals surface area contributed by atoms with Crippen LogP contribution in [0.15, 0.2) is 0 Å². The average molecular weight is 196 g/mol. The first-order chi connectivity index (χ1) is 6.77. The molecule has 1 amide bonds. The van der Waals surface area contributed by atoms with Crippen molar-refractivity contribution in [2.45, 2.75) is 38.6 Å². The minimum absolute atomic E-state index is 0.220. The largest absolute Gasteiger partial charge is 0.353 e. The molecule has 1 heterocycles. The Morgan fingerprint density at radius 3 is 2.71 bits per heavy atom. The van der Waals surface area contributed by atoms with Crippen LogP contribution in [0.25, 0.3) is 0 Å². The van der Waals surface area contributed by atoms with Crippen LogP contribution < -0.4 is 10.6 Å². The van der Waals surface area contributed by atoms with Gasteiger partial charge in [-0.05, 0) is 38.6 Å². The number of nitrogens with one attached hydrogen (secondary N) is 2. The molecule has 1 saturated heterocycles. The summed E-state index contributed by atoms with van der Waals surface area (Å²) in [5, 5.41) is 6.37. The van der Waals surface area contributed by atoms with Gasteiger partial charge < -0.3 is 10.6 Å². The van der Waals surface area contributed by atoms with Crippen molar-refractivity contribution in [2.75, 3.05) is 13.1 Å². The maximum absolute atomic E-state index is 11.7. The molecule has 0 aromatic heterocycles. The number of carbonyl (C=O) groups excluding carboxylic acids is 1. The van der Waals surface area contributed by atoms with Gasteiger partial charge in [0.2, 0.25) is 5.91 Å².